The molecule has 0 saturated heterocycles. The van der Waals surface area contributed by atoms with Crippen molar-refractivity contribution in [3.8, 4) is 5.75 Å². The molecule has 19 heavy (non-hydrogen) atoms. The van der Waals surface area contributed by atoms with Crippen molar-refractivity contribution in [2.45, 2.75) is 19.1 Å². The number of nitrogen functional groups attached to an aromatic ring is 1. The number of fused-ring (bicyclic) bond motifs is 1. The minimum Gasteiger partial charge on any atom is -0.494 e. The van der Waals surface area contributed by atoms with Crippen LogP contribution >= 0.6 is 0 Å². The van der Waals surface area contributed by atoms with Gasteiger partial charge in [0.2, 0.25) is 5.95 Å². The van der Waals surface area contributed by atoms with E-state index >= 15 is 0 Å². The number of ether oxygens (including phenoxy) is 1. The van der Waals surface area contributed by atoms with Gasteiger partial charge in [0.25, 0.3) is 0 Å². The fourth-order valence-electron chi connectivity index (χ4n) is 1.78. The maximum atomic E-state index is 13.4. The van der Waals surface area contributed by atoms with E-state index in [9.17, 15) is 17.6 Å². The molecule has 4 nitrogen and oxygen atoms in total. The highest BCUT2D eigenvalue weighted by atomic mass is 19.4. The summed E-state index contributed by atoms with van der Waals surface area (Å²) in [6.07, 6.45) is -5.34. The fraction of sp³-hybridized carbons (Fsp3) is 0.364. The Morgan fingerprint density at radius 2 is 2.05 bits per heavy atom. The third-order valence-electron chi connectivity index (χ3n) is 2.67. The van der Waals surface area contributed by atoms with E-state index in [1.54, 1.807) is 0 Å². The van der Waals surface area contributed by atoms with Crippen molar-refractivity contribution in [3.63, 3.8) is 0 Å². The van der Waals surface area contributed by atoms with Crippen molar-refractivity contribution in [1.29, 1.82) is 0 Å². The second kappa shape index (κ2) is 4.60. The Hall–Kier alpha value is -1.99. The van der Waals surface area contributed by atoms with Crippen molar-refractivity contribution >= 4 is 17.0 Å². The van der Waals surface area contributed by atoms with Gasteiger partial charge in [-0.15, -0.1) is 0 Å². The average molecular weight is 277 g/mol. The van der Waals surface area contributed by atoms with Crippen LogP contribution in [-0.4, -0.2) is 22.8 Å². The molecule has 0 fully saturated rings. The van der Waals surface area contributed by atoms with Crippen LogP contribution in [-0.2, 0) is 6.54 Å². The standard InChI is InChI=1S/C11H11F4N3O/c1-19-9-5-8-7(4-6(9)12)17-10(16)18(8)3-2-11(13,14)15/h4-5H,2-3H2,1H3,(H2,16,17). The van der Waals surface area contributed by atoms with Gasteiger partial charge < -0.3 is 15.0 Å². The summed E-state index contributed by atoms with van der Waals surface area (Å²) in [6.45, 7) is -0.374. The average Bonchev–Trinajstić information content (AvgIpc) is 2.59. The highest BCUT2D eigenvalue weighted by Gasteiger charge is 2.27. The number of imidazole rings is 1. The van der Waals surface area contributed by atoms with Crippen LogP contribution in [0.5, 0.6) is 5.75 Å². The van der Waals surface area contributed by atoms with E-state index in [1.807, 2.05) is 0 Å². The highest BCUT2D eigenvalue weighted by Crippen LogP contribution is 2.28. The normalized spacial score (nSPS) is 12.1. The van der Waals surface area contributed by atoms with Crippen LogP contribution in [0.15, 0.2) is 12.1 Å². The summed E-state index contributed by atoms with van der Waals surface area (Å²) in [7, 11) is 1.27. The molecule has 1 heterocycles. The van der Waals surface area contributed by atoms with Crippen LogP contribution in [0.25, 0.3) is 11.0 Å². The number of benzene rings is 1. The van der Waals surface area contributed by atoms with E-state index in [2.05, 4.69) is 4.98 Å². The third-order valence-corrected chi connectivity index (χ3v) is 2.67. The molecule has 0 atom stereocenters. The van der Waals surface area contributed by atoms with E-state index < -0.39 is 18.4 Å². The first-order valence-electron chi connectivity index (χ1n) is 5.38. The lowest BCUT2D eigenvalue weighted by Gasteiger charge is -2.09. The highest BCUT2D eigenvalue weighted by molar-refractivity contribution is 5.80. The van der Waals surface area contributed by atoms with Crippen molar-refractivity contribution in [2.75, 3.05) is 12.8 Å². The molecule has 0 aliphatic heterocycles. The number of rotatable bonds is 3. The summed E-state index contributed by atoms with van der Waals surface area (Å²) in [5, 5.41) is 0. The van der Waals surface area contributed by atoms with Crippen LogP contribution in [0.2, 0.25) is 0 Å². The SMILES string of the molecule is COc1cc2c(cc1F)nc(N)n2CCC(F)(F)F. The Kier molecular flexibility index (Phi) is 3.25. The van der Waals surface area contributed by atoms with Crippen molar-refractivity contribution in [1.82, 2.24) is 9.55 Å². The molecule has 104 valence electrons. The predicted molar refractivity (Wildman–Crippen MR) is 61.3 cm³/mol. The molecule has 0 amide bonds. The molecule has 0 aliphatic rings. The van der Waals surface area contributed by atoms with Crippen LogP contribution in [0.3, 0.4) is 0 Å². The molecule has 8 heteroatoms. The van der Waals surface area contributed by atoms with Crippen molar-refractivity contribution in [3.05, 3.63) is 17.9 Å². The fourth-order valence-corrected chi connectivity index (χ4v) is 1.78. The topological polar surface area (TPSA) is 53.1 Å². The smallest absolute Gasteiger partial charge is 0.390 e. The van der Waals surface area contributed by atoms with Crippen LogP contribution in [0.1, 0.15) is 6.42 Å². The molecule has 0 spiro atoms. The molecule has 0 radical (unpaired) electrons. The molecule has 0 aliphatic carbocycles. The number of methoxy groups -OCH3 is 1. The van der Waals surface area contributed by atoms with Crippen molar-refractivity contribution < 1.29 is 22.3 Å². The van der Waals surface area contributed by atoms with Gasteiger partial charge in [0.1, 0.15) is 0 Å². The van der Waals surface area contributed by atoms with Gasteiger partial charge in [-0.25, -0.2) is 9.37 Å². The summed E-state index contributed by atoms with van der Waals surface area (Å²) in [6, 6.07) is 2.36. The number of alkyl halides is 3. The molecular weight excluding hydrogens is 266 g/mol. The number of aromatic nitrogens is 2. The summed E-state index contributed by atoms with van der Waals surface area (Å²) in [5.74, 6) is -0.803. The summed E-state index contributed by atoms with van der Waals surface area (Å²) in [4.78, 5) is 3.83. The number of anilines is 1. The number of halogens is 4. The molecule has 2 rings (SSSR count). The Labute approximate surface area is 105 Å². The lowest BCUT2D eigenvalue weighted by molar-refractivity contribution is -0.136. The van der Waals surface area contributed by atoms with Crippen LogP contribution < -0.4 is 10.5 Å². The lowest BCUT2D eigenvalue weighted by atomic mass is 10.2. The zero-order valence-corrected chi connectivity index (χ0v) is 9.96. The van der Waals surface area contributed by atoms with Gasteiger partial charge in [-0.3, -0.25) is 0 Å². The minimum absolute atomic E-state index is 0.0688. The zero-order chi connectivity index (χ0) is 14.2. The van der Waals surface area contributed by atoms with Gasteiger partial charge in [0.05, 0.1) is 24.6 Å². The van der Waals surface area contributed by atoms with Gasteiger partial charge in [-0.1, -0.05) is 0 Å². The Bertz CT molecular complexity index is 606. The molecule has 1 aromatic heterocycles. The Morgan fingerprint density at radius 1 is 1.37 bits per heavy atom. The van der Waals surface area contributed by atoms with E-state index in [-0.39, 0.29) is 23.8 Å². The molecule has 0 unspecified atom stereocenters. The first-order valence-corrected chi connectivity index (χ1v) is 5.38. The van der Waals surface area contributed by atoms with E-state index in [4.69, 9.17) is 10.5 Å². The second-order valence-electron chi connectivity index (χ2n) is 3.96. The van der Waals surface area contributed by atoms with E-state index in [0.717, 1.165) is 6.07 Å². The zero-order valence-electron chi connectivity index (χ0n) is 9.96. The number of aryl methyl sites for hydroxylation is 1. The van der Waals surface area contributed by atoms with Gasteiger partial charge >= 0.3 is 6.18 Å². The molecular formula is C11H11F4N3O. The lowest BCUT2D eigenvalue weighted by Crippen LogP contribution is -2.13. The third kappa shape index (κ3) is 2.72. The first-order chi connectivity index (χ1) is 8.81. The van der Waals surface area contributed by atoms with Gasteiger partial charge in [-0.2, -0.15) is 13.2 Å². The first kappa shape index (κ1) is 13.4. The number of hydrogen-bond acceptors (Lipinski definition) is 3. The van der Waals surface area contributed by atoms with Gasteiger partial charge in [0, 0.05) is 18.7 Å². The number of hydrogen-bond donors (Lipinski definition) is 1. The quantitative estimate of drug-likeness (QED) is 0.878. The minimum atomic E-state index is -4.30. The number of nitrogens with two attached hydrogens (primary N) is 1. The molecule has 0 bridgehead atoms. The van der Waals surface area contributed by atoms with E-state index in [1.165, 1.54) is 17.7 Å². The monoisotopic (exact) mass is 277 g/mol. The predicted octanol–water partition coefficient (Wildman–Crippen LogP) is 2.72. The summed E-state index contributed by atoms with van der Waals surface area (Å²) in [5.41, 5.74) is 6.04. The molecule has 2 N–H and O–H groups in total. The molecule has 1 aromatic carbocycles. The van der Waals surface area contributed by atoms with Gasteiger partial charge in [-0.05, 0) is 0 Å². The summed E-state index contributed by atoms with van der Waals surface area (Å²) >= 11 is 0. The maximum Gasteiger partial charge on any atom is 0.390 e. The van der Waals surface area contributed by atoms with E-state index in [0.29, 0.717) is 5.52 Å². The molecule has 2 aromatic rings. The Morgan fingerprint density at radius 3 is 2.63 bits per heavy atom. The Balaban J connectivity index is 2.45. The molecule has 0 saturated carbocycles. The summed E-state index contributed by atoms with van der Waals surface area (Å²) < 4.78 is 56.1. The van der Waals surface area contributed by atoms with Crippen LogP contribution in [0, 0.1) is 5.82 Å². The largest absolute Gasteiger partial charge is 0.494 e. The van der Waals surface area contributed by atoms with Gasteiger partial charge in [0.15, 0.2) is 11.6 Å². The van der Waals surface area contributed by atoms with Crippen LogP contribution in [0.4, 0.5) is 23.5 Å². The number of nitrogens with zero attached hydrogens (tertiary/aromatic N) is 2. The second-order valence-corrected chi connectivity index (χ2v) is 3.96. The van der Waals surface area contributed by atoms with Crippen molar-refractivity contribution in [2.24, 2.45) is 0 Å². The maximum absolute atomic E-state index is 13.4.